The van der Waals surface area contributed by atoms with Crippen molar-refractivity contribution in [2.75, 3.05) is 5.32 Å². The van der Waals surface area contributed by atoms with Crippen molar-refractivity contribution >= 4 is 5.82 Å². The first-order valence-corrected chi connectivity index (χ1v) is 4.89. The van der Waals surface area contributed by atoms with Gasteiger partial charge in [-0.15, -0.1) is 0 Å². The first kappa shape index (κ1) is 10.4. The fourth-order valence-electron chi connectivity index (χ4n) is 1.29. The third-order valence-electron chi connectivity index (χ3n) is 2.07. The minimum atomic E-state index is -0.266. The average Bonchev–Trinajstić information content (AvgIpc) is 2.68. The van der Waals surface area contributed by atoms with Gasteiger partial charge in [-0.05, 0) is 13.8 Å². The molecule has 0 amide bonds. The van der Waals surface area contributed by atoms with Crippen molar-refractivity contribution in [3.05, 3.63) is 40.6 Å². The van der Waals surface area contributed by atoms with Crippen LogP contribution in [-0.2, 0) is 0 Å². The van der Waals surface area contributed by atoms with Gasteiger partial charge < -0.3 is 14.7 Å². The summed E-state index contributed by atoms with van der Waals surface area (Å²) in [5, 5.41) is 2.93. The standard InChI is InChI=1S/C10H12N4O2/c1-6-5-13-10(16-6)7(2)14-8-9(15)12-4-3-11-8/h3-5,7H,1-2H3,(H,11,14)(H,12,15). The second-order valence-corrected chi connectivity index (χ2v) is 3.44. The van der Waals surface area contributed by atoms with Gasteiger partial charge in [-0.25, -0.2) is 9.97 Å². The van der Waals surface area contributed by atoms with E-state index >= 15 is 0 Å². The molecule has 2 rings (SSSR count). The van der Waals surface area contributed by atoms with Gasteiger partial charge in [0, 0.05) is 12.4 Å². The van der Waals surface area contributed by atoms with Gasteiger partial charge in [0.05, 0.1) is 6.20 Å². The molecule has 0 radical (unpaired) electrons. The van der Waals surface area contributed by atoms with Gasteiger partial charge in [0.2, 0.25) is 5.89 Å². The van der Waals surface area contributed by atoms with E-state index in [1.54, 1.807) is 6.20 Å². The van der Waals surface area contributed by atoms with E-state index in [2.05, 4.69) is 20.3 Å². The molecule has 6 heteroatoms. The van der Waals surface area contributed by atoms with Crippen LogP contribution in [0.25, 0.3) is 0 Å². The fraction of sp³-hybridized carbons (Fsp3) is 0.300. The molecule has 84 valence electrons. The number of anilines is 1. The Hall–Kier alpha value is -2.11. The Bertz CT molecular complexity index is 531. The Balaban J connectivity index is 2.17. The molecule has 2 heterocycles. The third kappa shape index (κ3) is 2.10. The summed E-state index contributed by atoms with van der Waals surface area (Å²) < 4.78 is 5.34. The zero-order chi connectivity index (χ0) is 11.5. The van der Waals surface area contributed by atoms with Crippen LogP contribution in [0.5, 0.6) is 0 Å². The lowest BCUT2D eigenvalue weighted by Crippen LogP contribution is -2.18. The normalized spacial score (nSPS) is 12.4. The molecule has 2 N–H and O–H groups in total. The van der Waals surface area contributed by atoms with Crippen molar-refractivity contribution < 1.29 is 4.42 Å². The lowest BCUT2D eigenvalue weighted by molar-refractivity contribution is 0.453. The number of hydrogen-bond donors (Lipinski definition) is 2. The molecule has 6 nitrogen and oxygen atoms in total. The maximum atomic E-state index is 11.4. The van der Waals surface area contributed by atoms with Crippen LogP contribution in [0.4, 0.5) is 5.82 Å². The second kappa shape index (κ2) is 4.18. The van der Waals surface area contributed by atoms with Crippen molar-refractivity contribution in [1.82, 2.24) is 15.0 Å². The van der Waals surface area contributed by atoms with Gasteiger partial charge in [-0.1, -0.05) is 0 Å². The van der Waals surface area contributed by atoms with Crippen LogP contribution in [0, 0.1) is 6.92 Å². The van der Waals surface area contributed by atoms with Crippen molar-refractivity contribution in [3.63, 3.8) is 0 Å². The molecule has 0 saturated carbocycles. The molecule has 0 aromatic carbocycles. The van der Waals surface area contributed by atoms with Gasteiger partial charge in [-0.2, -0.15) is 0 Å². The van der Waals surface area contributed by atoms with E-state index in [1.165, 1.54) is 12.4 Å². The molecular weight excluding hydrogens is 208 g/mol. The molecule has 2 aromatic heterocycles. The number of oxazole rings is 1. The van der Waals surface area contributed by atoms with Crippen molar-refractivity contribution in [1.29, 1.82) is 0 Å². The summed E-state index contributed by atoms with van der Waals surface area (Å²) in [7, 11) is 0. The Labute approximate surface area is 91.7 Å². The minimum Gasteiger partial charge on any atom is -0.444 e. The van der Waals surface area contributed by atoms with Crippen molar-refractivity contribution in [2.45, 2.75) is 19.9 Å². The van der Waals surface area contributed by atoms with Gasteiger partial charge in [-0.3, -0.25) is 4.79 Å². The van der Waals surface area contributed by atoms with Crippen LogP contribution in [0.3, 0.4) is 0 Å². The first-order chi connectivity index (χ1) is 7.66. The highest BCUT2D eigenvalue weighted by Gasteiger charge is 2.12. The highest BCUT2D eigenvalue weighted by Crippen LogP contribution is 2.15. The number of aromatic amines is 1. The maximum Gasteiger partial charge on any atom is 0.290 e. The topological polar surface area (TPSA) is 83.8 Å². The smallest absolute Gasteiger partial charge is 0.290 e. The molecule has 0 saturated heterocycles. The van der Waals surface area contributed by atoms with Crippen LogP contribution in [0.15, 0.2) is 27.8 Å². The Kier molecular flexibility index (Phi) is 2.72. The largest absolute Gasteiger partial charge is 0.444 e. The Morgan fingerprint density at radius 1 is 1.50 bits per heavy atom. The predicted octanol–water partition coefficient (Wildman–Crippen LogP) is 1.24. The van der Waals surface area contributed by atoms with E-state index in [1.807, 2.05) is 13.8 Å². The summed E-state index contributed by atoms with van der Waals surface area (Å²) in [4.78, 5) is 21.9. The number of aryl methyl sites for hydroxylation is 1. The van der Waals surface area contributed by atoms with E-state index in [4.69, 9.17) is 4.42 Å². The minimum absolute atomic E-state index is 0.204. The van der Waals surface area contributed by atoms with Gasteiger partial charge in [0.15, 0.2) is 5.82 Å². The number of aromatic nitrogens is 3. The van der Waals surface area contributed by atoms with E-state index in [0.717, 1.165) is 5.76 Å². The summed E-state index contributed by atoms with van der Waals surface area (Å²) in [6.07, 6.45) is 4.63. The molecule has 0 bridgehead atoms. The molecular formula is C10H12N4O2. The average molecular weight is 220 g/mol. The Morgan fingerprint density at radius 2 is 2.31 bits per heavy atom. The van der Waals surface area contributed by atoms with Crippen LogP contribution in [0.1, 0.15) is 24.6 Å². The summed E-state index contributed by atoms with van der Waals surface area (Å²) in [6, 6.07) is -0.204. The number of rotatable bonds is 3. The molecule has 1 atom stereocenters. The summed E-state index contributed by atoms with van der Waals surface area (Å²) >= 11 is 0. The van der Waals surface area contributed by atoms with Crippen LogP contribution >= 0.6 is 0 Å². The third-order valence-corrected chi connectivity index (χ3v) is 2.07. The summed E-state index contributed by atoms with van der Waals surface area (Å²) in [5.41, 5.74) is -0.266. The molecule has 2 aromatic rings. The van der Waals surface area contributed by atoms with E-state index < -0.39 is 0 Å². The number of hydrogen-bond acceptors (Lipinski definition) is 5. The quantitative estimate of drug-likeness (QED) is 0.813. The zero-order valence-corrected chi connectivity index (χ0v) is 9.02. The van der Waals surface area contributed by atoms with E-state index in [-0.39, 0.29) is 17.4 Å². The highest BCUT2D eigenvalue weighted by molar-refractivity contribution is 5.32. The van der Waals surface area contributed by atoms with E-state index in [9.17, 15) is 4.79 Å². The monoisotopic (exact) mass is 220 g/mol. The predicted molar refractivity (Wildman–Crippen MR) is 58.1 cm³/mol. The number of nitrogens with one attached hydrogen (secondary N) is 2. The van der Waals surface area contributed by atoms with Crippen LogP contribution < -0.4 is 10.9 Å². The summed E-state index contributed by atoms with van der Waals surface area (Å²) in [5.74, 6) is 1.52. The highest BCUT2D eigenvalue weighted by atomic mass is 16.4. The number of H-pyrrole nitrogens is 1. The van der Waals surface area contributed by atoms with Crippen LogP contribution in [0.2, 0.25) is 0 Å². The van der Waals surface area contributed by atoms with Gasteiger partial charge in [0.1, 0.15) is 11.8 Å². The van der Waals surface area contributed by atoms with Crippen molar-refractivity contribution in [3.8, 4) is 0 Å². The zero-order valence-electron chi connectivity index (χ0n) is 9.02. The molecule has 0 aliphatic heterocycles. The molecule has 1 unspecified atom stereocenters. The second-order valence-electron chi connectivity index (χ2n) is 3.44. The Morgan fingerprint density at radius 3 is 2.94 bits per heavy atom. The molecule has 0 fully saturated rings. The lowest BCUT2D eigenvalue weighted by atomic mass is 10.3. The first-order valence-electron chi connectivity index (χ1n) is 4.89. The molecule has 0 spiro atoms. The fourth-order valence-corrected chi connectivity index (χ4v) is 1.29. The molecule has 0 aliphatic rings. The molecule has 16 heavy (non-hydrogen) atoms. The van der Waals surface area contributed by atoms with Gasteiger partial charge in [0.25, 0.3) is 5.56 Å². The molecule has 0 aliphatic carbocycles. The van der Waals surface area contributed by atoms with Gasteiger partial charge >= 0.3 is 0 Å². The van der Waals surface area contributed by atoms with Crippen molar-refractivity contribution in [2.24, 2.45) is 0 Å². The van der Waals surface area contributed by atoms with E-state index in [0.29, 0.717) is 5.89 Å². The van der Waals surface area contributed by atoms with Crippen LogP contribution in [-0.4, -0.2) is 15.0 Å². The SMILES string of the molecule is Cc1cnc(C(C)Nc2ncc[nH]c2=O)o1. The number of nitrogens with zero attached hydrogens (tertiary/aromatic N) is 2. The lowest BCUT2D eigenvalue weighted by Gasteiger charge is -2.09. The summed E-state index contributed by atoms with van der Waals surface area (Å²) in [6.45, 7) is 3.66. The maximum absolute atomic E-state index is 11.4.